The Balaban J connectivity index is 1.86. The summed E-state index contributed by atoms with van der Waals surface area (Å²) in [5, 5.41) is 24.1. The van der Waals surface area contributed by atoms with Gasteiger partial charge in [-0.15, -0.1) is 10.2 Å². The Hall–Kier alpha value is -1.74. The van der Waals surface area contributed by atoms with E-state index < -0.39 is 0 Å². The van der Waals surface area contributed by atoms with Crippen LogP contribution in [-0.4, -0.2) is 73.3 Å². The Labute approximate surface area is 124 Å². The van der Waals surface area contributed by atoms with Crippen LogP contribution in [0.3, 0.4) is 0 Å². The number of tetrazole rings is 1. The van der Waals surface area contributed by atoms with E-state index in [4.69, 9.17) is 10.9 Å². The number of amidine groups is 1. The third-order valence-electron chi connectivity index (χ3n) is 3.78. The van der Waals surface area contributed by atoms with E-state index in [1.165, 1.54) is 4.80 Å². The molecule has 0 amide bonds. The van der Waals surface area contributed by atoms with E-state index in [-0.39, 0.29) is 6.04 Å². The number of hydrogen-bond acceptors (Lipinski definition) is 7. The van der Waals surface area contributed by atoms with Gasteiger partial charge in [-0.1, -0.05) is 18.5 Å². The SMILES string of the molecule is CCCC(C(N)=NO)N1CCN(Cc2nnn(C)n2)CC1. The van der Waals surface area contributed by atoms with Crippen LogP contribution in [0.5, 0.6) is 0 Å². The first-order chi connectivity index (χ1) is 10.1. The summed E-state index contributed by atoms with van der Waals surface area (Å²) in [5.74, 6) is 1.05. The maximum absolute atomic E-state index is 8.91. The molecule has 118 valence electrons. The van der Waals surface area contributed by atoms with Crippen molar-refractivity contribution in [1.82, 2.24) is 30.0 Å². The first-order valence-electron chi connectivity index (χ1n) is 7.30. The molecule has 1 atom stereocenters. The monoisotopic (exact) mass is 296 g/mol. The zero-order valence-corrected chi connectivity index (χ0v) is 12.7. The number of aryl methyl sites for hydroxylation is 1. The van der Waals surface area contributed by atoms with E-state index in [0.717, 1.165) is 44.8 Å². The quantitative estimate of drug-likeness (QED) is 0.307. The van der Waals surface area contributed by atoms with Crippen molar-refractivity contribution in [1.29, 1.82) is 0 Å². The van der Waals surface area contributed by atoms with Crippen LogP contribution in [-0.2, 0) is 13.6 Å². The smallest absolute Gasteiger partial charge is 0.188 e. The third kappa shape index (κ3) is 4.11. The Morgan fingerprint density at radius 3 is 2.62 bits per heavy atom. The molecule has 1 fully saturated rings. The Morgan fingerprint density at radius 2 is 2.10 bits per heavy atom. The molecule has 0 spiro atoms. The number of piperazine rings is 1. The van der Waals surface area contributed by atoms with Crippen LogP contribution in [0.4, 0.5) is 0 Å². The van der Waals surface area contributed by atoms with Crippen LogP contribution in [0.25, 0.3) is 0 Å². The minimum absolute atomic E-state index is 0.0248. The van der Waals surface area contributed by atoms with Gasteiger partial charge >= 0.3 is 0 Å². The predicted molar refractivity (Wildman–Crippen MR) is 77.8 cm³/mol. The summed E-state index contributed by atoms with van der Waals surface area (Å²) in [4.78, 5) is 6.04. The van der Waals surface area contributed by atoms with Crippen molar-refractivity contribution >= 4 is 5.84 Å². The molecule has 1 unspecified atom stereocenters. The van der Waals surface area contributed by atoms with Gasteiger partial charge in [-0.25, -0.2) is 0 Å². The zero-order valence-electron chi connectivity index (χ0n) is 12.7. The average Bonchev–Trinajstić information content (AvgIpc) is 2.90. The van der Waals surface area contributed by atoms with Gasteiger partial charge in [0.15, 0.2) is 11.7 Å². The Morgan fingerprint density at radius 1 is 1.38 bits per heavy atom. The molecular weight excluding hydrogens is 272 g/mol. The number of hydrogen-bond donors (Lipinski definition) is 2. The first-order valence-corrected chi connectivity index (χ1v) is 7.30. The molecule has 1 aromatic heterocycles. The van der Waals surface area contributed by atoms with Gasteiger partial charge < -0.3 is 10.9 Å². The van der Waals surface area contributed by atoms with Gasteiger partial charge in [-0.05, 0) is 11.6 Å². The summed E-state index contributed by atoms with van der Waals surface area (Å²) < 4.78 is 0. The van der Waals surface area contributed by atoms with E-state index in [1.54, 1.807) is 7.05 Å². The number of nitrogens with two attached hydrogens (primary N) is 1. The summed E-state index contributed by atoms with van der Waals surface area (Å²) >= 11 is 0. The lowest BCUT2D eigenvalue weighted by Gasteiger charge is -2.38. The number of aromatic nitrogens is 4. The average molecular weight is 296 g/mol. The van der Waals surface area contributed by atoms with E-state index in [0.29, 0.717) is 12.4 Å². The summed E-state index contributed by atoms with van der Waals surface area (Å²) in [7, 11) is 1.76. The van der Waals surface area contributed by atoms with E-state index in [2.05, 4.69) is 37.3 Å². The van der Waals surface area contributed by atoms with Crippen LogP contribution >= 0.6 is 0 Å². The van der Waals surface area contributed by atoms with Gasteiger partial charge in [0.2, 0.25) is 0 Å². The first kappa shape index (κ1) is 15.6. The highest BCUT2D eigenvalue weighted by atomic mass is 16.4. The molecule has 9 nitrogen and oxygen atoms in total. The summed E-state index contributed by atoms with van der Waals surface area (Å²) in [5.41, 5.74) is 5.81. The molecule has 1 aromatic rings. The molecule has 21 heavy (non-hydrogen) atoms. The van der Waals surface area contributed by atoms with Crippen molar-refractivity contribution < 1.29 is 5.21 Å². The van der Waals surface area contributed by atoms with Gasteiger partial charge in [0.1, 0.15) is 0 Å². The molecular formula is C12H24N8O. The lowest BCUT2D eigenvalue weighted by Crippen LogP contribution is -2.53. The second-order valence-electron chi connectivity index (χ2n) is 5.34. The minimum atomic E-state index is 0.0248. The molecule has 0 aromatic carbocycles. The maximum Gasteiger partial charge on any atom is 0.188 e. The molecule has 1 saturated heterocycles. The van der Waals surface area contributed by atoms with Crippen LogP contribution in [0.1, 0.15) is 25.6 Å². The highest BCUT2D eigenvalue weighted by Gasteiger charge is 2.26. The lowest BCUT2D eigenvalue weighted by molar-refractivity contribution is 0.106. The number of oxime groups is 1. The molecule has 9 heteroatoms. The molecule has 0 radical (unpaired) electrons. The largest absolute Gasteiger partial charge is 0.409 e. The molecule has 2 rings (SSSR count). The van der Waals surface area contributed by atoms with Crippen molar-refractivity contribution in [2.45, 2.75) is 32.4 Å². The van der Waals surface area contributed by atoms with Crippen LogP contribution in [0.15, 0.2) is 5.16 Å². The predicted octanol–water partition coefficient (Wildman–Crippen LogP) is -0.757. The molecule has 2 heterocycles. The summed E-state index contributed by atoms with van der Waals surface area (Å²) in [6, 6.07) is 0.0248. The van der Waals surface area contributed by atoms with Crippen LogP contribution < -0.4 is 5.73 Å². The van der Waals surface area contributed by atoms with Gasteiger partial charge in [0.25, 0.3) is 0 Å². The standard InChI is InChI=1S/C12H24N8O/c1-3-4-10(12(13)16-21)20-7-5-19(6-8-20)9-11-14-17-18(2)15-11/h10,21H,3-9H2,1-2H3,(H2,13,16). The molecule has 0 bridgehead atoms. The lowest BCUT2D eigenvalue weighted by atomic mass is 10.1. The van der Waals surface area contributed by atoms with E-state index in [1.807, 2.05) is 0 Å². The zero-order chi connectivity index (χ0) is 15.2. The maximum atomic E-state index is 8.91. The van der Waals surface area contributed by atoms with Crippen molar-refractivity contribution in [2.24, 2.45) is 17.9 Å². The van der Waals surface area contributed by atoms with E-state index >= 15 is 0 Å². The molecule has 0 aliphatic carbocycles. The van der Waals surface area contributed by atoms with Crippen molar-refractivity contribution in [3.63, 3.8) is 0 Å². The fraction of sp³-hybridized carbons (Fsp3) is 0.833. The number of rotatable bonds is 6. The van der Waals surface area contributed by atoms with Crippen molar-refractivity contribution in [3.05, 3.63) is 5.82 Å². The molecule has 1 aliphatic heterocycles. The van der Waals surface area contributed by atoms with Crippen LogP contribution in [0.2, 0.25) is 0 Å². The topological polar surface area (TPSA) is 109 Å². The minimum Gasteiger partial charge on any atom is -0.409 e. The van der Waals surface area contributed by atoms with Gasteiger partial charge in [-0.2, -0.15) is 4.80 Å². The summed E-state index contributed by atoms with van der Waals surface area (Å²) in [6.45, 7) is 6.42. The van der Waals surface area contributed by atoms with Gasteiger partial charge in [0.05, 0.1) is 19.6 Å². The highest BCUT2D eigenvalue weighted by Crippen LogP contribution is 2.12. The van der Waals surface area contributed by atoms with Crippen molar-refractivity contribution in [3.8, 4) is 0 Å². The second kappa shape index (κ2) is 7.32. The van der Waals surface area contributed by atoms with E-state index in [9.17, 15) is 0 Å². The summed E-state index contributed by atoms with van der Waals surface area (Å²) in [6.07, 6.45) is 1.91. The number of nitrogens with zero attached hydrogens (tertiary/aromatic N) is 7. The Bertz CT molecular complexity index is 466. The van der Waals surface area contributed by atoms with Crippen LogP contribution in [0, 0.1) is 0 Å². The molecule has 0 saturated carbocycles. The van der Waals surface area contributed by atoms with Gasteiger partial charge in [0, 0.05) is 26.2 Å². The fourth-order valence-electron chi connectivity index (χ4n) is 2.68. The molecule has 3 N–H and O–H groups in total. The fourth-order valence-corrected chi connectivity index (χ4v) is 2.68. The normalized spacial score (nSPS) is 19.8. The van der Waals surface area contributed by atoms with Crippen molar-refractivity contribution in [2.75, 3.05) is 26.2 Å². The third-order valence-corrected chi connectivity index (χ3v) is 3.78. The second-order valence-corrected chi connectivity index (χ2v) is 5.34. The molecule has 1 aliphatic rings. The Kier molecular flexibility index (Phi) is 5.45. The van der Waals surface area contributed by atoms with Gasteiger partial charge in [-0.3, -0.25) is 9.80 Å². The highest BCUT2D eigenvalue weighted by molar-refractivity contribution is 5.85.